The van der Waals surface area contributed by atoms with Gasteiger partial charge in [0, 0.05) is 30.0 Å². The van der Waals surface area contributed by atoms with Crippen molar-refractivity contribution in [2.24, 2.45) is 0 Å². The Labute approximate surface area is 125 Å². The highest BCUT2D eigenvalue weighted by Gasteiger charge is 2.06. The number of aromatic carboxylic acids is 1. The van der Waals surface area contributed by atoms with Crippen molar-refractivity contribution in [1.29, 1.82) is 0 Å². The summed E-state index contributed by atoms with van der Waals surface area (Å²) in [7, 11) is 0. The van der Waals surface area contributed by atoms with Gasteiger partial charge in [-0.25, -0.2) is 9.78 Å². The first kappa shape index (κ1) is 13.7. The topological polar surface area (TPSA) is 95.6 Å². The standard InChI is InChI=1S/C16H12N2O4/c19-14-8-11-3-6-18(13(11)9-15(14)20)5-2-10-1-4-17-12(7-10)16(21)22/h1-9,19-20H,(H,21,22). The smallest absolute Gasteiger partial charge is 0.354 e. The lowest BCUT2D eigenvalue weighted by atomic mass is 10.2. The van der Waals surface area contributed by atoms with Gasteiger partial charge in [-0.1, -0.05) is 0 Å². The van der Waals surface area contributed by atoms with Gasteiger partial charge in [-0.2, -0.15) is 0 Å². The summed E-state index contributed by atoms with van der Waals surface area (Å²) >= 11 is 0. The van der Waals surface area contributed by atoms with Crippen molar-refractivity contribution < 1.29 is 20.1 Å². The van der Waals surface area contributed by atoms with Gasteiger partial charge < -0.3 is 19.9 Å². The van der Waals surface area contributed by atoms with Gasteiger partial charge in [-0.15, -0.1) is 0 Å². The Morgan fingerprint density at radius 2 is 1.91 bits per heavy atom. The molecule has 0 saturated heterocycles. The van der Waals surface area contributed by atoms with Crippen LogP contribution in [0.4, 0.5) is 0 Å². The molecule has 0 fully saturated rings. The Kier molecular flexibility index (Phi) is 3.27. The number of aromatic hydroxyl groups is 2. The quantitative estimate of drug-likeness (QED) is 0.646. The van der Waals surface area contributed by atoms with E-state index in [1.54, 1.807) is 35.2 Å². The molecule has 0 saturated carbocycles. The minimum absolute atomic E-state index is 0.0259. The minimum atomic E-state index is -1.08. The van der Waals surface area contributed by atoms with Gasteiger partial charge in [-0.05, 0) is 35.9 Å². The normalized spacial score (nSPS) is 11.3. The molecule has 2 heterocycles. The van der Waals surface area contributed by atoms with E-state index < -0.39 is 5.97 Å². The molecule has 2 aromatic heterocycles. The predicted molar refractivity (Wildman–Crippen MR) is 81.7 cm³/mol. The number of rotatable bonds is 3. The molecule has 3 N–H and O–H groups in total. The van der Waals surface area contributed by atoms with Crippen LogP contribution in [0.2, 0.25) is 0 Å². The summed E-state index contributed by atoms with van der Waals surface area (Å²) in [5, 5.41) is 28.8. The average Bonchev–Trinajstić information content (AvgIpc) is 2.88. The lowest BCUT2D eigenvalue weighted by molar-refractivity contribution is 0.0690. The van der Waals surface area contributed by atoms with Crippen LogP contribution >= 0.6 is 0 Å². The Morgan fingerprint density at radius 3 is 2.68 bits per heavy atom. The molecule has 6 heteroatoms. The SMILES string of the molecule is O=C(O)c1cc(C=Cn2ccc3cc(O)c(O)cc32)ccn1. The maximum Gasteiger partial charge on any atom is 0.354 e. The average molecular weight is 296 g/mol. The maximum absolute atomic E-state index is 10.9. The zero-order valence-electron chi connectivity index (χ0n) is 11.3. The number of phenols is 2. The molecule has 0 atom stereocenters. The van der Waals surface area contributed by atoms with E-state index in [4.69, 9.17) is 5.11 Å². The molecule has 0 bridgehead atoms. The summed E-state index contributed by atoms with van der Waals surface area (Å²) in [6, 6.07) is 7.90. The van der Waals surface area contributed by atoms with Gasteiger partial charge >= 0.3 is 5.97 Å². The van der Waals surface area contributed by atoms with E-state index in [0.29, 0.717) is 5.56 Å². The fraction of sp³-hybridized carbons (Fsp3) is 0. The van der Waals surface area contributed by atoms with Crippen molar-refractivity contribution in [3.63, 3.8) is 0 Å². The second-order valence-corrected chi connectivity index (χ2v) is 4.72. The number of phenolic OH excluding ortho intramolecular Hbond substituents is 2. The van der Waals surface area contributed by atoms with E-state index in [1.807, 2.05) is 0 Å². The molecule has 0 amide bonds. The Hall–Kier alpha value is -3.28. The molecule has 0 spiro atoms. The molecule has 3 rings (SSSR count). The molecule has 22 heavy (non-hydrogen) atoms. The molecule has 0 aliphatic rings. The molecule has 1 aromatic carbocycles. The van der Waals surface area contributed by atoms with Gasteiger partial charge in [-0.3, -0.25) is 0 Å². The van der Waals surface area contributed by atoms with E-state index in [-0.39, 0.29) is 17.2 Å². The summed E-state index contributed by atoms with van der Waals surface area (Å²) in [6.07, 6.45) is 6.68. The number of benzene rings is 1. The number of nitrogens with zero attached hydrogens (tertiary/aromatic N) is 2. The number of carboxylic acids is 1. The van der Waals surface area contributed by atoms with Crippen molar-refractivity contribution >= 4 is 29.1 Å². The van der Waals surface area contributed by atoms with E-state index in [1.165, 1.54) is 24.4 Å². The van der Waals surface area contributed by atoms with E-state index in [0.717, 1.165) is 10.9 Å². The van der Waals surface area contributed by atoms with Gasteiger partial charge in [0.2, 0.25) is 0 Å². The van der Waals surface area contributed by atoms with Crippen LogP contribution in [0, 0.1) is 0 Å². The van der Waals surface area contributed by atoms with Crippen molar-refractivity contribution in [3.8, 4) is 11.5 Å². The lowest BCUT2D eigenvalue weighted by Gasteiger charge is -2.01. The zero-order chi connectivity index (χ0) is 15.7. The fourth-order valence-corrected chi connectivity index (χ4v) is 2.14. The summed E-state index contributed by atoms with van der Waals surface area (Å²) in [4.78, 5) is 14.6. The summed E-state index contributed by atoms with van der Waals surface area (Å²) in [5.41, 5.74) is 1.39. The number of aromatic nitrogens is 2. The van der Waals surface area contributed by atoms with Crippen LogP contribution in [0.1, 0.15) is 16.1 Å². The van der Waals surface area contributed by atoms with E-state index in [2.05, 4.69) is 4.98 Å². The molecule has 0 aliphatic carbocycles. The van der Waals surface area contributed by atoms with Crippen LogP contribution < -0.4 is 0 Å². The van der Waals surface area contributed by atoms with Gasteiger partial charge in [0.05, 0.1) is 5.52 Å². The Balaban J connectivity index is 1.97. The third-order valence-corrected chi connectivity index (χ3v) is 3.25. The van der Waals surface area contributed by atoms with Gasteiger partial charge in [0.25, 0.3) is 0 Å². The highest BCUT2D eigenvalue weighted by atomic mass is 16.4. The number of carbonyl (C=O) groups is 1. The number of hydrogen-bond donors (Lipinski definition) is 3. The minimum Gasteiger partial charge on any atom is -0.504 e. The predicted octanol–water partition coefficient (Wildman–Crippen LogP) is 2.77. The maximum atomic E-state index is 10.9. The van der Waals surface area contributed by atoms with Crippen molar-refractivity contribution in [3.05, 3.63) is 54.0 Å². The van der Waals surface area contributed by atoms with Crippen molar-refractivity contribution in [2.75, 3.05) is 0 Å². The van der Waals surface area contributed by atoms with Gasteiger partial charge in [0.1, 0.15) is 5.69 Å². The van der Waals surface area contributed by atoms with Crippen LogP contribution in [-0.4, -0.2) is 30.8 Å². The lowest BCUT2D eigenvalue weighted by Crippen LogP contribution is -1.99. The first-order chi connectivity index (χ1) is 10.5. The van der Waals surface area contributed by atoms with E-state index >= 15 is 0 Å². The van der Waals surface area contributed by atoms with Crippen molar-refractivity contribution in [1.82, 2.24) is 9.55 Å². The van der Waals surface area contributed by atoms with Crippen LogP contribution in [0.15, 0.2) is 42.7 Å². The molecule has 110 valence electrons. The number of carboxylic acid groups (broad SMARTS) is 1. The van der Waals surface area contributed by atoms with Crippen molar-refractivity contribution in [2.45, 2.75) is 0 Å². The molecular formula is C16H12N2O4. The van der Waals surface area contributed by atoms with Crippen LogP contribution in [0.25, 0.3) is 23.2 Å². The number of pyridine rings is 1. The first-order valence-electron chi connectivity index (χ1n) is 6.44. The molecular weight excluding hydrogens is 284 g/mol. The Bertz CT molecular complexity index is 896. The summed E-state index contributed by atoms with van der Waals surface area (Å²) < 4.78 is 1.76. The molecule has 3 aromatic rings. The van der Waals surface area contributed by atoms with Crippen LogP contribution in [-0.2, 0) is 0 Å². The molecule has 0 unspecified atom stereocenters. The van der Waals surface area contributed by atoms with Gasteiger partial charge in [0.15, 0.2) is 11.5 Å². The largest absolute Gasteiger partial charge is 0.504 e. The summed E-state index contributed by atoms with van der Waals surface area (Å²) in [5.74, 6) is -1.45. The summed E-state index contributed by atoms with van der Waals surface area (Å²) in [6.45, 7) is 0. The molecule has 0 radical (unpaired) electrons. The second-order valence-electron chi connectivity index (χ2n) is 4.72. The molecule has 0 aliphatic heterocycles. The molecule has 6 nitrogen and oxygen atoms in total. The third kappa shape index (κ3) is 2.49. The van der Waals surface area contributed by atoms with E-state index in [9.17, 15) is 15.0 Å². The monoisotopic (exact) mass is 296 g/mol. The number of fused-ring (bicyclic) bond motifs is 1. The highest BCUT2D eigenvalue weighted by Crippen LogP contribution is 2.30. The second kappa shape index (κ2) is 5.25. The third-order valence-electron chi connectivity index (χ3n) is 3.25. The Morgan fingerprint density at radius 1 is 1.14 bits per heavy atom. The van der Waals surface area contributed by atoms with Crippen LogP contribution in [0.5, 0.6) is 11.5 Å². The fourth-order valence-electron chi connectivity index (χ4n) is 2.14. The first-order valence-corrected chi connectivity index (χ1v) is 6.44. The van der Waals surface area contributed by atoms with Crippen LogP contribution in [0.3, 0.4) is 0 Å². The highest BCUT2D eigenvalue weighted by molar-refractivity contribution is 5.87. The number of hydrogen-bond acceptors (Lipinski definition) is 4. The zero-order valence-corrected chi connectivity index (χ0v) is 11.3.